The maximum Gasteiger partial charge on any atom is 0.0933 e. The SMILES string of the molecule is Ic1cccc(NCc2cnsn2)c1. The molecule has 3 nitrogen and oxygen atoms in total. The summed E-state index contributed by atoms with van der Waals surface area (Å²) >= 11 is 3.53. The minimum Gasteiger partial charge on any atom is -0.379 e. The minimum absolute atomic E-state index is 0.733. The lowest BCUT2D eigenvalue weighted by atomic mass is 10.3. The first-order valence-electron chi connectivity index (χ1n) is 4.10. The molecule has 72 valence electrons. The van der Waals surface area contributed by atoms with Crippen molar-refractivity contribution in [3.8, 4) is 0 Å². The number of rotatable bonds is 3. The van der Waals surface area contributed by atoms with Gasteiger partial charge in [-0.05, 0) is 40.8 Å². The minimum atomic E-state index is 0.733. The summed E-state index contributed by atoms with van der Waals surface area (Å²) < 4.78 is 9.29. The van der Waals surface area contributed by atoms with Crippen molar-refractivity contribution in [2.24, 2.45) is 0 Å². The zero-order valence-electron chi connectivity index (χ0n) is 7.27. The van der Waals surface area contributed by atoms with Gasteiger partial charge in [0.25, 0.3) is 0 Å². The Morgan fingerprint density at radius 2 is 2.36 bits per heavy atom. The summed E-state index contributed by atoms with van der Waals surface area (Å²) in [6, 6.07) is 8.24. The lowest BCUT2D eigenvalue weighted by Gasteiger charge is -2.03. The van der Waals surface area contributed by atoms with Gasteiger partial charge in [-0.15, -0.1) is 0 Å². The molecule has 1 aromatic heterocycles. The molecule has 0 aliphatic carbocycles. The van der Waals surface area contributed by atoms with Crippen molar-refractivity contribution < 1.29 is 0 Å². The van der Waals surface area contributed by atoms with Crippen molar-refractivity contribution in [3.05, 3.63) is 39.7 Å². The molecule has 0 saturated heterocycles. The summed E-state index contributed by atoms with van der Waals surface area (Å²) in [6.07, 6.45) is 1.78. The lowest BCUT2D eigenvalue weighted by molar-refractivity contribution is 1.09. The number of benzene rings is 1. The van der Waals surface area contributed by atoms with Crippen molar-refractivity contribution in [3.63, 3.8) is 0 Å². The Morgan fingerprint density at radius 1 is 1.43 bits per heavy atom. The van der Waals surface area contributed by atoms with Gasteiger partial charge in [-0.25, -0.2) is 0 Å². The molecule has 5 heteroatoms. The number of nitrogens with one attached hydrogen (secondary N) is 1. The highest BCUT2D eigenvalue weighted by Gasteiger charge is 1.96. The zero-order valence-corrected chi connectivity index (χ0v) is 10.2. The van der Waals surface area contributed by atoms with Crippen LogP contribution < -0.4 is 5.32 Å². The molecule has 0 aliphatic heterocycles. The summed E-state index contributed by atoms with van der Waals surface area (Å²) in [7, 11) is 0. The molecule has 0 radical (unpaired) electrons. The fourth-order valence-electron chi connectivity index (χ4n) is 1.05. The Labute approximate surface area is 100 Å². The molecular formula is C9H8IN3S. The Kier molecular flexibility index (Phi) is 3.30. The average Bonchev–Trinajstić information content (AvgIpc) is 2.67. The molecule has 0 unspecified atom stereocenters. The van der Waals surface area contributed by atoms with Crippen LogP contribution in [0.2, 0.25) is 0 Å². The fourth-order valence-corrected chi connectivity index (χ4v) is 2.03. The summed E-state index contributed by atoms with van der Waals surface area (Å²) in [4.78, 5) is 0. The van der Waals surface area contributed by atoms with Gasteiger partial charge < -0.3 is 5.32 Å². The fraction of sp³-hybridized carbons (Fsp3) is 0.111. The highest BCUT2D eigenvalue weighted by Crippen LogP contribution is 2.13. The van der Waals surface area contributed by atoms with Crippen molar-refractivity contribution in [1.82, 2.24) is 8.75 Å². The van der Waals surface area contributed by atoms with Crippen molar-refractivity contribution in [2.45, 2.75) is 6.54 Å². The second kappa shape index (κ2) is 4.70. The van der Waals surface area contributed by atoms with Gasteiger partial charge in [0.1, 0.15) is 0 Å². The van der Waals surface area contributed by atoms with Crippen LogP contribution in [0, 0.1) is 3.57 Å². The highest BCUT2D eigenvalue weighted by molar-refractivity contribution is 14.1. The van der Waals surface area contributed by atoms with Gasteiger partial charge in [0.2, 0.25) is 0 Å². The smallest absolute Gasteiger partial charge is 0.0933 e. The molecule has 0 bridgehead atoms. The second-order valence-electron chi connectivity index (χ2n) is 2.76. The van der Waals surface area contributed by atoms with Crippen molar-refractivity contribution >= 4 is 40.0 Å². The van der Waals surface area contributed by atoms with Crippen LogP contribution in [-0.4, -0.2) is 8.75 Å². The van der Waals surface area contributed by atoms with Crippen LogP contribution in [0.25, 0.3) is 0 Å². The number of halogens is 1. The van der Waals surface area contributed by atoms with E-state index in [2.05, 4.69) is 48.8 Å². The van der Waals surface area contributed by atoms with E-state index in [1.165, 1.54) is 15.3 Å². The van der Waals surface area contributed by atoms with E-state index in [9.17, 15) is 0 Å². The Hall–Kier alpha value is -0.690. The van der Waals surface area contributed by atoms with Crippen LogP contribution in [0.3, 0.4) is 0 Å². The molecule has 0 atom stereocenters. The number of anilines is 1. The van der Waals surface area contributed by atoms with E-state index in [-0.39, 0.29) is 0 Å². The molecular weight excluding hydrogens is 309 g/mol. The molecule has 0 saturated carbocycles. The van der Waals surface area contributed by atoms with Crippen molar-refractivity contribution in [1.29, 1.82) is 0 Å². The van der Waals surface area contributed by atoms with Crippen LogP contribution in [-0.2, 0) is 6.54 Å². The summed E-state index contributed by atoms with van der Waals surface area (Å²) in [5, 5.41) is 3.29. The van der Waals surface area contributed by atoms with E-state index in [0.717, 1.165) is 17.9 Å². The van der Waals surface area contributed by atoms with Gasteiger partial charge in [-0.3, -0.25) is 0 Å². The number of hydrogen-bond acceptors (Lipinski definition) is 4. The zero-order chi connectivity index (χ0) is 9.80. The molecule has 1 N–H and O–H groups in total. The average molecular weight is 317 g/mol. The Bertz CT molecular complexity index is 402. The first-order valence-corrected chi connectivity index (χ1v) is 5.91. The molecule has 1 aromatic carbocycles. The quantitative estimate of drug-likeness (QED) is 0.885. The molecule has 0 aliphatic rings. The van der Waals surface area contributed by atoms with E-state index in [1.54, 1.807) is 6.20 Å². The highest BCUT2D eigenvalue weighted by atomic mass is 127. The number of aromatic nitrogens is 2. The maximum atomic E-state index is 4.12. The summed E-state index contributed by atoms with van der Waals surface area (Å²) in [5.41, 5.74) is 2.10. The third-order valence-electron chi connectivity index (χ3n) is 1.71. The van der Waals surface area contributed by atoms with E-state index in [0.29, 0.717) is 0 Å². The number of hydrogen-bond donors (Lipinski definition) is 1. The summed E-state index contributed by atoms with van der Waals surface area (Å²) in [5.74, 6) is 0. The van der Waals surface area contributed by atoms with Gasteiger partial charge in [0.05, 0.1) is 30.2 Å². The van der Waals surface area contributed by atoms with E-state index >= 15 is 0 Å². The topological polar surface area (TPSA) is 37.8 Å². The molecule has 2 rings (SSSR count). The summed E-state index contributed by atoms with van der Waals surface area (Å²) in [6.45, 7) is 0.733. The molecule has 0 fully saturated rings. The largest absolute Gasteiger partial charge is 0.379 e. The van der Waals surface area contributed by atoms with Gasteiger partial charge in [0, 0.05) is 9.26 Å². The van der Waals surface area contributed by atoms with Crippen LogP contribution in [0.4, 0.5) is 5.69 Å². The normalized spacial score (nSPS) is 10.1. The van der Waals surface area contributed by atoms with Gasteiger partial charge in [0.15, 0.2) is 0 Å². The third kappa shape index (κ3) is 2.65. The third-order valence-corrected chi connectivity index (χ3v) is 2.89. The first-order chi connectivity index (χ1) is 6.84. The molecule has 0 spiro atoms. The predicted molar refractivity (Wildman–Crippen MR) is 66.4 cm³/mol. The van der Waals surface area contributed by atoms with Crippen molar-refractivity contribution in [2.75, 3.05) is 5.32 Å². The maximum absolute atomic E-state index is 4.12. The molecule has 2 aromatic rings. The van der Waals surface area contributed by atoms with Crippen LogP contribution in [0.15, 0.2) is 30.5 Å². The lowest BCUT2D eigenvalue weighted by Crippen LogP contribution is -1.99. The molecule has 14 heavy (non-hydrogen) atoms. The van der Waals surface area contributed by atoms with Gasteiger partial charge in [-0.2, -0.15) is 8.75 Å². The Balaban J connectivity index is 1.98. The Morgan fingerprint density at radius 3 is 3.07 bits per heavy atom. The first kappa shape index (κ1) is 9.85. The molecule has 1 heterocycles. The van der Waals surface area contributed by atoms with Crippen LogP contribution in [0.5, 0.6) is 0 Å². The predicted octanol–water partition coefficient (Wildman–Crippen LogP) is 2.75. The van der Waals surface area contributed by atoms with Crippen LogP contribution >= 0.6 is 34.3 Å². The van der Waals surface area contributed by atoms with Gasteiger partial charge >= 0.3 is 0 Å². The standard InChI is InChI=1S/C9H8IN3S/c10-7-2-1-3-8(4-7)11-5-9-6-12-14-13-9/h1-4,6,11H,5H2. The van der Waals surface area contributed by atoms with E-state index in [1.807, 2.05) is 12.1 Å². The monoisotopic (exact) mass is 317 g/mol. The van der Waals surface area contributed by atoms with Gasteiger partial charge in [-0.1, -0.05) is 6.07 Å². The van der Waals surface area contributed by atoms with E-state index in [4.69, 9.17) is 0 Å². The molecule has 0 amide bonds. The second-order valence-corrected chi connectivity index (χ2v) is 4.57. The number of nitrogens with zero attached hydrogens (tertiary/aromatic N) is 2. The van der Waals surface area contributed by atoms with Crippen LogP contribution in [0.1, 0.15) is 5.69 Å². The van der Waals surface area contributed by atoms with E-state index < -0.39 is 0 Å².